The Morgan fingerprint density at radius 1 is 1.33 bits per heavy atom. The Kier molecular flexibility index (Phi) is 1.26. The zero-order valence-corrected chi connectivity index (χ0v) is 8.33. The summed E-state index contributed by atoms with van der Waals surface area (Å²) in [7, 11) is 2.05. The summed E-state index contributed by atoms with van der Waals surface area (Å²) in [5.74, 6) is 0. The van der Waals surface area contributed by atoms with Gasteiger partial charge in [-0.15, -0.1) is 0 Å². The first-order chi connectivity index (χ1) is 3.90. The average Bonchev–Trinajstić information content (AvgIpc) is 2.08. The lowest BCUT2D eigenvalue weighted by atomic mass is 9.95. The van der Waals surface area contributed by atoms with Crippen molar-refractivity contribution in [3.05, 3.63) is 0 Å². The normalized spacial score (nSPS) is 38.2. The van der Waals surface area contributed by atoms with Crippen molar-refractivity contribution in [2.24, 2.45) is 10.8 Å². The van der Waals surface area contributed by atoms with Gasteiger partial charge in [0.2, 0.25) is 0 Å². The first-order valence-electron chi connectivity index (χ1n) is 3.56. The summed E-state index contributed by atoms with van der Waals surface area (Å²) in [6.45, 7) is 9.33. The second-order valence-corrected chi connectivity index (χ2v) is 5.23. The van der Waals surface area contributed by atoms with Crippen molar-refractivity contribution in [3.63, 3.8) is 0 Å². The number of rotatable bonds is 1. The largest absolute Gasteiger partial charge is 0.0926 e. The number of hydrogen-bond acceptors (Lipinski definition) is 0. The molecule has 1 fully saturated rings. The molecule has 0 saturated heterocycles. The molecular weight excluding hydrogens is 124 g/mol. The Bertz CT molecular complexity index is 158. The van der Waals surface area contributed by atoms with Gasteiger partial charge in [0, 0.05) is 0 Å². The zero-order chi connectivity index (χ0) is 7.28. The third-order valence-corrected chi connectivity index (χ3v) is 3.89. The maximum Gasteiger partial charge on any atom is -0.0107 e. The summed E-state index contributed by atoms with van der Waals surface area (Å²) in [4.78, 5) is 0. The van der Waals surface area contributed by atoms with Crippen LogP contribution in [0, 0.1) is 10.8 Å². The molecular formula is C8H16Si. The van der Waals surface area contributed by atoms with E-state index >= 15 is 0 Å². The maximum absolute atomic E-state index is 2.37. The van der Waals surface area contributed by atoms with E-state index in [2.05, 4.69) is 37.5 Å². The number of hydrogen-bond donors (Lipinski definition) is 0. The zero-order valence-electron chi connectivity index (χ0n) is 6.91. The lowest BCUT2D eigenvalue weighted by Crippen LogP contribution is -2.14. The van der Waals surface area contributed by atoms with Gasteiger partial charge in [0.1, 0.15) is 0 Å². The van der Waals surface area contributed by atoms with Crippen LogP contribution in [0.4, 0.5) is 0 Å². The van der Waals surface area contributed by atoms with E-state index in [1.54, 1.807) is 5.17 Å². The smallest absolute Gasteiger partial charge is 0.0107 e. The standard InChI is InChI=1S/C8H16Si/c1-6(9)8(4)5-7(8,2)3/h5,9H2,1-4H3. The van der Waals surface area contributed by atoms with Gasteiger partial charge in [-0.3, -0.25) is 0 Å². The Hall–Kier alpha value is 0.0869. The van der Waals surface area contributed by atoms with E-state index in [0.29, 0.717) is 10.8 Å². The lowest BCUT2D eigenvalue weighted by molar-refractivity contribution is 0.530. The fourth-order valence-electron chi connectivity index (χ4n) is 1.57. The molecule has 0 radical (unpaired) electrons. The van der Waals surface area contributed by atoms with Gasteiger partial charge in [-0.2, -0.15) is 0 Å². The van der Waals surface area contributed by atoms with Gasteiger partial charge < -0.3 is 0 Å². The minimum Gasteiger partial charge on any atom is -0.0926 e. The van der Waals surface area contributed by atoms with Crippen LogP contribution in [0.25, 0.3) is 0 Å². The predicted molar refractivity (Wildman–Crippen MR) is 45.7 cm³/mol. The highest BCUT2D eigenvalue weighted by atomic mass is 28.1. The van der Waals surface area contributed by atoms with Crippen LogP contribution >= 0.6 is 0 Å². The molecule has 0 nitrogen and oxygen atoms in total. The summed E-state index contributed by atoms with van der Waals surface area (Å²) >= 11 is 0. The second-order valence-electron chi connectivity index (χ2n) is 4.17. The van der Waals surface area contributed by atoms with Crippen LogP contribution in [0.1, 0.15) is 34.1 Å². The Labute approximate surface area is 60.7 Å². The molecule has 0 spiro atoms. The van der Waals surface area contributed by atoms with Crippen molar-refractivity contribution in [1.82, 2.24) is 0 Å². The molecule has 1 unspecified atom stereocenters. The molecule has 0 aromatic heterocycles. The van der Waals surface area contributed by atoms with Crippen LogP contribution in [0.2, 0.25) is 0 Å². The van der Waals surface area contributed by atoms with Gasteiger partial charge >= 0.3 is 0 Å². The maximum atomic E-state index is 2.37. The first-order valence-corrected chi connectivity index (χ1v) is 4.27. The minimum absolute atomic E-state index is 0.575. The van der Waals surface area contributed by atoms with E-state index in [-0.39, 0.29) is 0 Å². The van der Waals surface area contributed by atoms with Crippen molar-refractivity contribution in [2.45, 2.75) is 34.1 Å². The van der Waals surface area contributed by atoms with Gasteiger partial charge in [0.25, 0.3) is 0 Å². The highest BCUT2D eigenvalue weighted by Gasteiger charge is 2.57. The fraction of sp³-hybridized carbons (Fsp3) is 0.875. The van der Waals surface area contributed by atoms with E-state index in [4.69, 9.17) is 0 Å². The van der Waals surface area contributed by atoms with Gasteiger partial charge in [0.15, 0.2) is 0 Å². The summed E-state index contributed by atoms with van der Waals surface area (Å²) in [6, 6.07) is 0. The van der Waals surface area contributed by atoms with Crippen LogP contribution in [-0.2, 0) is 0 Å². The average molecular weight is 140 g/mol. The lowest BCUT2D eigenvalue weighted by Gasteiger charge is -2.13. The molecule has 9 heavy (non-hydrogen) atoms. The molecule has 1 heteroatoms. The highest BCUT2D eigenvalue weighted by Crippen LogP contribution is 2.63. The van der Waals surface area contributed by atoms with Gasteiger partial charge in [-0.25, -0.2) is 0 Å². The second kappa shape index (κ2) is 1.57. The molecule has 1 aliphatic carbocycles. The highest BCUT2D eigenvalue weighted by molar-refractivity contribution is 6.39. The topological polar surface area (TPSA) is 0 Å². The van der Waals surface area contributed by atoms with Crippen LogP contribution in [0.15, 0.2) is 0 Å². The van der Waals surface area contributed by atoms with Gasteiger partial charge in [-0.05, 0) is 34.0 Å². The molecule has 0 heterocycles. The fourth-order valence-corrected chi connectivity index (χ4v) is 2.17. The Morgan fingerprint density at radius 3 is 1.67 bits per heavy atom. The molecule has 0 N–H and O–H groups in total. The van der Waals surface area contributed by atoms with Gasteiger partial charge in [-0.1, -0.05) is 25.9 Å². The Balaban J connectivity index is 2.74. The van der Waals surface area contributed by atoms with E-state index < -0.39 is 0 Å². The molecule has 1 rings (SSSR count). The van der Waals surface area contributed by atoms with Gasteiger partial charge in [0.05, 0.1) is 0 Å². The molecule has 0 bridgehead atoms. The summed E-state index contributed by atoms with van der Waals surface area (Å²) < 4.78 is 0. The molecule has 0 aromatic rings. The van der Waals surface area contributed by atoms with E-state index in [9.17, 15) is 0 Å². The third kappa shape index (κ3) is 0.822. The SMILES string of the molecule is CC(=[SiH2])C1(C)CC1(C)C. The summed E-state index contributed by atoms with van der Waals surface area (Å²) in [5.41, 5.74) is 1.17. The van der Waals surface area contributed by atoms with Crippen molar-refractivity contribution >= 4 is 15.0 Å². The molecule has 0 aromatic carbocycles. The van der Waals surface area contributed by atoms with E-state index in [0.717, 1.165) is 0 Å². The van der Waals surface area contributed by atoms with Crippen molar-refractivity contribution in [1.29, 1.82) is 0 Å². The first kappa shape index (κ1) is 7.20. The van der Waals surface area contributed by atoms with E-state index in [1.165, 1.54) is 6.42 Å². The van der Waals surface area contributed by atoms with E-state index in [1.807, 2.05) is 0 Å². The van der Waals surface area contributed by atoms with Crippen LogP contribution in [-0.4, -0.2) is 15.0 Å². The monoisotopic (exact) mass is 140 g/mol. The van der Waals surface area contributed by atoms with Crippen molar-refractivity contribution in [2.75, 3.05) is 0 Å². The third-order valence-electron chi connectivity index (χ3n) is 3.11. The quantitative estimate of drug-likeness (QED) is 0.481. The summed E-state index contributed by atoms with van der Waals surface area (Å²) in [5, 5.41) is 1.62. The minimum atomic E-state index is 0.575. The van der Waals surface area contributed by atoms with Crippen molar-refractivity contribution < 1.29 is 0 Å². The summed E-state index contributed by atoms with van der Waals surface area (Å²) in [6.07, 6.45) is 1.38. The van der Waals surface area contributed by atoms with Crippen LogP contribution < -0.4 is 0 Å². The van der Waals surface area contributed by atoms with Crippen LogP contribution in [0.3, 0.4) is 0 Å². The molecule has 52 valence electrons. The molecule has 0 aliphatic heterocycles. The van der Waals surface area contributed by atoms with Crippen LogP contribution in [0.5, 0.6) is 0 Å². The molecule has 1 atom stereocenters. The molecule has 0 amide bonds. The molecule has 1 aliphatic rings. The Morgan fingerprint density at radius 2 is 1.67 bits per heavy atom. The van der Waals surface area contributed by atoms with Crippen molar-refractivity contribution in [3.8, 4) is 0 Å². The predicted octanol–water partition coefficient (Wildman–Crippen LogP) is 1.25. The molecule has 1 saturated carbocycles.